The molecule has 0 aliphatic carbocycles. The van der Waals surface area contributed by atoms with E-state index in [2.05, 4.69) is 32.7 Å². The van der Waals surface area contributed by atoms with E-state index in [1.807, 2.05) is 12.3 Å². The zero-order valence-electron chi connectivity index (χ0n) is 11.3. The number of anilines is 1. The summed E-state index contributed by atoms with van der Waals surface area (Å²) in [7, 11) is 0. The third-order valence-electron chi connectivity index (χ3n) is 3.84. The van der Waals surface area contributed by atoms with Gasteiger partial charge in [-0.1, -0.05) is 6.92 Å². The molecule has 0 saturated carbocycles. The predicted molar refractivity (Wildman–Crippen MR) is 80.6 cm³/mol. The topological polar surface area (TPSA) is 42.4 Å². The summed E-state index contributed by atoms with van der Waals surface area (Å²) in [4.78, 5) is 18.8. The third kappa shape index (κ3) is 3.11. The van der Waals surface area contributed by atoms with Crippen LogP contribution in [0, 0.1) is 5.41 Å². The van der Waals surface area contributed by atoms with Crippen molar-refractivity contribution in [3.05, 3.63) is 9.98 Å². The van der Waals surface area contributed by atoms with Gasteiger partial charge in [0.05, 0.1) is 12.0 Å². The summed E-state index contributed by atoms with van der Waals surface area (Å²) in [5.41, 5.74) is -0.291. The minimum absolute atomic E-state index is 0.0301. The summed E-state index contributed by atoms with van der Waals surface area (Å²) in [6, 6.07) is 0. The lowest BCUT2D eigenvalue weighted by molar-refractivity contribution is -0.157. The van der Waals surface area contributed by atoms with Crippen molar-refractivity contribution in [3.63, 3.8) is 0 Å². The molecule has 0 bridgehead atoms. The molecule has 2 rings (SSSR count). The first kappa shape index (κ1) is 14.8. The molecule has 0 N–H and O–H groups in total. The molecule has 0 unspecified atom stereocenters. The van der Waals surface area contributed by atoms with Gasteiger partial charge in [0.2, 0.25) is 0 Å². The molecule has 1 fully saturated rings. The Morgan fingerprint density at radius 3 is 2.68 bits per heavy atom. The van der Waals surface area contributed by atoms with Crippen LogP contribution in [-0.4, -0.2) is 30.6 Å². The third-order valence-corrected chi connectivity index (χ3v) is 5.45. The Kier molecular flexibility index (Phi) is 4.84. The van der Waals surface area contributed by atoms with Gasteiger partial charge < -0.3 is 9.64 Å². The van der Waals surface area contributed by atoms with E-state index in [4.69, 9.17) is 4.74 Å². The lowest BCUT2D eigenvalue weighted by atomic mass is 9.76. The number of thiazole rings is 1. The zero-order chi connectivity index (χ0) is 13.9. The molecular weight excluding hydrogens is 328 g/mol. The van der Waals surface area contributed by atoms with E-state index in [0.29, 0.717) is 6.61 Å². The SMILES string of the molecule is CCOC(=O)C1(CC)CCN(c2nc(Br)cs2)CC1. The normalized spacial score (nSPS) is 18.4. The second-order valence-corrected chi connectivity index (χ2v) is 6.44. The molecule has 0 amide bonds. The van der Waals surface area contributed by atoms with Crippen molar-refractivity contribution in [1.82, 2.24) is 4.98 Å². The first-order valence-corrected chi connectivity index (χ1v) is 8.32. The van der Waals surface area contributed by atoms with Gasteiger partial charge in [0.15, 0.2) is 5.13 Å². The molecule has 1 aromatic heterocycles. The van der Waals surface area contributed by atoms with Gasteiger partial charge in [-0.25, -0.2) is 4.98 Å². The average molecular weight is 347 g/mol. The number of carbonyl (C=O) groups excluding carboxylic acids is 1. The highest BCUT2D eigenvalue weighted by Crippen LogP contribution is 2.38. The van der Waals surface area contributed by atoms with Crippen molar-refractivity contribution in [3.8, 4) is 0 Å². The van der Waals surface area contributed by atoms with Crippen molar-refractivity contribution in [2.24, 2.45) is 5.41 Å². The van der Waals surface area contributed by atoms with Gasteiger partial charge in [-0.2, -0.15) is 0 Å². The fraction of sp³-hybridized carbons (Fsp3) is 0.692. The molecule has 1 aromatic rings. The van der Waals surface area contributed by atoms with Gasteiger partial charge in [0, 0.05) is 18.5 Å². The van der Waals surface area contributed by atoms with Crippen molar-refractivity contribution in [2.75, 3.05) is 24.6 Å². The van der Waals surface area contributed by atoms with Crippen LogP contribution in [0.4, 0.5) is 5.13 Å². The smallest absolute Gasteiger partial charge is 0.312 e. The van der Waals surface area contributed by atoms with Gasteiger partial charge in [-0.3, -0.25) is 4.79 Å². The number of carbonyl (C=O) groups is 1. The van der Waals surface area contributed by atoms with Gasteiger partial charge in [0.25, 0.3) is 0 Å². The van der Waals surface area contributed by atoms with Gasteiger partial charge in [-0.15, -0.1) is 11.3 Å². The Morgan fingerprint density at radius 2 is 2.21 bits per heavy atom. The maximum absolute atomic E-state index is 12.1. The van der Waals surface area contributed by atoms with Crippen molar-refractivity contribution in [1.29, 1.82) is 0 Å². The van der Waals surface area contributed by atoms with Crippen LogP contribution in [-0.2, 0) is 9.53 Å². The Morgan fingerprint density at radius 1 is 1.53 bits per heavy atom. The Balaban J connectivity index is 2.02. The predicted octanol–water partition coefficient (Wildman–Crippen LogP) is 3.47. The van der Waals surface area contributed by atoms with Gasteiger partial charge >= 0.3 is 5.97 Å². The summed E-state index contributed by atoms with van der Waals surface area (Å²) in [6.45, 7) is 6.14. The number of piperidine rings is 1. The van der Waals surface area contributed by atoms with Crippen LogP contribution in [0.3, 0.4) is 0 Å². The first-order valence-electron chi connectivity index (χ1n) is 6.64. The van der Waals surface area contributed by atoms with Crippen LogP contribution in [0.15, 0.2) is 9.98 Å². The summed E-state index contributed by atoms with van der Waals surface area (Å²) >= 11 is 5.01. The second kappa shape index (κ2) is 6.22. The Hall–Kier alpha value is -0.620. The summed E-state index contributed by atoms with van der Waals surface area (Å²) < 4.78 is 6.12. The summed E-state index contributed by atoms with van der Waals surface area (Å²) in [5.74, 6) is -0.0301. The molecule has 1 saturated heterocycles. The lowest BCUT2D eigenvalue weighted by Gasteiger charge is -2.39. The van der Waals surface area contributed by atoms with Crippen molar-refractivity contribution >= 4 is 38.4 Å². The molecule has 0 spiro atoms. The number of ether oxygens (including phenoxy) is 1. The maximum Gasteiger partial charge on any atom is 0.312 e. The number of nitrogens with zero attached hydrogens (tertiary/aromatic N) is 2. The molecule has 2 heterocycles. The molecule has 0 atom stereocenters. The van der Waals surface area contributed by atoms with Crippen LogP contribution < -0.4 is 4.90 Å². The highest BCUT2D eigenvalue weighted by molar-refractivity contribution is 9.10. The van der Waals surface area contributed by atoms with Crippen LogP contribution in [0.25, 0.3) is 0 Å². The average Bonchev–Trinajstić information content (AvgIpc) is 2.86. The molecule has 0 aromatic carbocycles. The molecule has 19 heavy (non-hydrogen) atoms. The van der Waals surface area contributed by atoms with Crippen molar-refractivity contribution in [2.45, 2.75) is 33.1 Å². The molecule has 106 valence electrons. The van der Waals surface area contributed by atoms with Crippen LogP contribution in [0.1, 0.15) is 33.1 Å². The van der Waals surface area contributed by atoms with Crippen LogP contribution >= 0.6 is 27.3 Å². The van der Waals surface area contributed by atoms with E-state index in [0.717, 1.165) is 42.1 Å². The molecular formula is C13H19BrN2O2S. The van der Waals surface area contributed by atoms with E-state index in [-0.39, 0.29) is 11.4 Å². The van der Waals surface area contributed by atoms with E-state index in [1.54, 1.807) is 11.3 Å². The number of hydrogen-bond acceptors (Lipinski definition) is 5. The molecule has 1 aliphatic heterocycles. The number of rotatable bonds is 4. The quantitative estimate of drug-likeness (QED) is 0.783. The Bertz CT molecular complexity index is 442. The molecule has 1 aliphatic rings. The summed E-state index contributed by atoms with van der Waals surface area (Å²) in [6.07, 6.45) is 2.54. The number of aromatic nitrogens is 1. The van der Waals surface area contributed by atoms with E-state index < -0.39 is 0 Å². The van der Waals surface area contributed by atoms with E-state index >= 15 is 0 Å². The summed E-state index contributed by atoms with van der Waals surface area (Å²) in [5, 5.41) is 3.02. The number of esters is 1. The largest absolute Gasteiger partial charge is 0.466 e. The minimum Gasteiger partial charge on any atom is -0.466 e. The first-order chi connectivity index (χ1) is 9.11. The lowest BCUT2D eigenvalue weighted by Crippen LogP contribution is -2.45. The van der Waals surface area contributed by atoms with Crippen LogP contribution in [0.5, 0.6) is 0 Å². The van der Waals surface area contributed by atoms with E-state index in [9.17, 15) is 4.79 Å². The Labute approximate surface area is 126 Å². The number of hydrogen-bond donors (Lipinski definition) is 0. The fourth-order valence-corrected chi connectivity index (χ4v) is 3.81. The van der Waals surface area contributed by atoms with Gasteiger partial charge in [-0.05, 0) is 42.1 Å². The molecule has 0 radical (unpaired) electrons. The standard InChI is InChI=1S/C13H19BrN2O2S/c1-3-13(11(17)18-4-2)5-7-16(8-6-13)12-15-10(14)9-19-12/h9H,3-8H2,1-2H3. The van der Waals surface area contributed by atoms with Gasteiger partial charge in [0.1, 0.15) is 4.60 Å². The number of halogens is 1. The van der Waals surface area contributed by atoms with E-state index in [1.165, 1.54) is 0 Å². The van der Waals surface area contributed by atoms with Crippen LogP contribution in [0.2, 0.25) is 0 Å². The zero-order valence-corrected chi connectivity index (χ0v) is 13.7. The molecule has 6 heteroatoms. The molecule has 4 nitrogen and oxygen atoms in total. The maximum atomic E-state index is 12.1. The monoisotopic (exact) mass is 346 g/mol. The fourth-order valence-electron chi connectivity index (χ4n) is 2.50. The highest BCUT2D eigenvalue weighted by Gasteiger charge is 2.41. The van der Waals surface area contributed by atoms with Crippen molar-refractivity contribution < 1.29 is 9.53 Å². The highest BCUT2D eigenvalue weighted by atomic mass is 79.9. The second-order valence-electron chi connectivity index (χ2n) is 4.79. The minimum atomic E-state index is -0.291.